The van der Waals surface area contributed by atoms with E-state index in [9.17, 15) is 30.0 Å². The summed E-state index contributed by atoms with van der Waals surface area (Å²) in [5.41, 5.74) is 0. The van der Waals surface area contributed by atoms with Gasteiger partial charge in [0.1, 0.15) is 37.6 Å². The molecular weight excluding hydrogens is 296 g/mol. The van der Waals surface area contributed by atoms with Crippen molar-refractivity contribution in [3.05, 3.63) is 0 Å². The molecule has 0 amide bonds. The van der Waals surface area contributed by atoms with Gasteiger partial charge in [0, 0.05) is 12.8 Å². The van der Waals surface area contributed by atoms with Gasteiger partial charge in [-0.3, -0.25) is 9.59 Å². The maximum atomic E-state index is 11.1. The van der Waals surface area contributed by atoms with Gasteiger partial charge in [0.05, 0.1) is 0 Å². The molecule has 0 saturated carbocycles. The molecule has 0 radical (unpaired) electrons. The zero-order chi connectivity index (χ0) is 17.1. The van der Waals surface area contributed by atoms with Crippen molar-refractivity contribution < 1.29 is 39.5 Å². The minimum atomic E-state index is -1.74. The van der Waals surface area contributed by atoms with E-state index in [1.54, 1.807) is 13.8 Å². The van der Waals surface area contributed by atoms with E-state index in [0.717, 1.165) is 0 Å². The van der Waals surface area contributed by atoms with Crippen LogP contribution in [0.5, 0.6) is 0 Å². The molecular formula is C14H26O8. The molecule has 0 aromatic heterocycles. The molecule has 0 aromatic carbocycles. The number of hydrogen-bond acceptors (Lipinski definition) is 8. The smallest absolute Gasteiger partial charge is 0.305 e. The minimum Gasteiger partial charge on any atom is -0.463 e. The monoisotopic (exact) mass is 322 g/mol. The van der Waals surface area contributed by atoms with Gasteiger partial charge in [-0.1, -0.05) is 13.8 Å². The molecule has 130 valence electrons. The van der Waals surface area contributed by atoms with E-state index in [2.05, 4.69) is 0 Å². The fourth-order valence-corrected chi connectivity index (χ4v) is 1.56. The molecule has 4 N–H and O–H groups in total. The van der Waals surface area contributed by atoms with E-state index in [1.165, 1.54) is 0 Å². The van der Waals surface area contributed by atoms with E-state index < -0.39 is 49.6 Å². The van der Waals surface area contributed by atoms with Crippen molar-refractivity contribution in [2.45, 2.75) is 63.9 Å². The number of esters is 2. The number of aliphatic hydroxyl groups is 4. The molecule has 0 bridgehead atoms. The largest absolute Gasteiger partial charge is 0.463 e. The van der Waals surface area contributed by atoms with E-state index in [1.807, 2.05) is 0 Å². The van der Waals surface area contributed by atoms with E-state index in [-0.39, 0.29) is 12.8 Å². The van der Waals surface area contributed by atoms with Gasteiger partial charge in [-0.15, -0.1) is 0 Å². The fraction of sp³-hybridized carbons (Fsp3) is 0.857. The van der Waals surface area contributed by atoms with E-state index in [4.69, 9.17) is 9.47 Å². The highest BCUT2D eigenvalue weighted by Gasteiger charge is 2.31. The first kappa shape index (κ1) is 20.8. The number of ether oxygens (including phenoxy) is 2. The number of hydrogen-bond donors (Lipinski definition) is 4. The van der Waals surface area contributed by atoms with Crippen LogP contribution in [0.3, 0.4) is 0 Å². The average molecular weight is 322 g/mol. The van der Waals surface area contributed by atoms with E-state index in [0.29, 0.717) is 12.8 Å². The van der Waals surface area contributed by atoms with Gasteiger partial charge in [0.15, 0.2) is 0 Å². The molecule has 0 aliphatic heterocycles. The molecule has 0 aliphatic carbocycles. The van der Waals surface area contributed by atoms with Crippen molar-refractivity contribution in [2.75, 3.05) is 13.2 Å². The number of carbonyl (C=O) groups excluding carboxylic acids is 2. The quantitative estimate of drug-likeness (QED) is 0.360. The second-order valence-electron chi connectivity index (χ2n) is 4.98. The summed E-state index contributed by atoms with van der Waals surface area (Å²) in [6.07, 6.45) is -5.07. The second-order valence-corrected chi connectivity index (χ2v) is 4.98. The normalized spacial score (nSPS) is 16.5. The fourth-order valence-electron chi connectivity index (χ4n) is 1.56. The van der Waals surface area contributed by atoms with Gasteiger partial charge in [-0.2, -0.15) is 0 Å². The van der Waals surface area contributed by atoms with Crippen LogP contribution in [0.15, 0.2) is 0 Å². The molecule has 0 rings (SSSR count). The Kier molecular flexibility index (Phi) is 10.7. The standard InChI is InChI=1S/C14H26O8/c1-3-5-11(17)21-7-9(15)13(19)14(20)10(16)8-22-12(18)6-4-2/h9-10,13-16,19-20H,3-8H2,1-2H3/t9-,10-,13-,14-/m1/s1. The Labute approximate surface area is 129 Å². The molecule has 0 saturated heterocycles. The van der Waals surface area contributed by atoms with Crippen molar-refractivity contribution in [3.63, 3.8) is 0 Å². The molecule has 0 aromatic rings. The van der Waals surface area contributed by atoms with Gasteiger partial charge < -0.3 is 29.9 Å². The Morgan fingerprint density at radius 2 is 1.09 bits per heavy atom. The third-order valence-electron chi connectivity index (χ3n) is 2.88. The molecule has 8 nitrogen and oxygen atoms in total. The summed E-state index contributed by atoms with van der Waals surface area (Å²) in [5, 5.41) is 38.6. The van der Waals surface area contributed by atoms with Crippen LogP contribution in [0.1, 0.15) is 39.5 Å². The van der Waals surface area contributed by atoms with Crippen LogP contribution in [0, 0.1) is 0 Å². The molecule has 0 aliphatic rings. The third-order valence-corrected chi connectivity index (χ3v) is 2.88. The van der Waals surface area contributed by atoms with Crippen LogP contribution in [0.25, 0.3) is 0 Å². The summed E-state index contributed by atoms with van der Waals surface area (Å²) in [5.74, 6) is -1.06. The van der Waals surface area contributed by atoms with Crippen LogP contribution >= 0.6 is 0 Å². The molecule has 22 heavy (non-hydrogen) atoms. The van der Waals surface area contributed by atoms with Crippen molar-refractivity contribution in [2.24, 2.45) is 0 Å². The molecule has 0 heterocycles. The summed E-state index contributed by atoms with van der Waals surface area (Å²) in [6.45, 7) is 2.57. The minimum absolute atomic E-state index is 0.182. The second kappa shape index (κ2) is 11.4. The summed E-state index contributed by atoms with van der Waals surface area (Å²) >= 11 is 0. The lowest BCUT2D eigenvalue weighted by Crippen LogP contribution is -2.48. The zero-order valence-corrected chi connectivity index (χ0v) is 13.0. The Balaban J connectivity index is 4.18. The third kappa shape index (κ3) is 8.28. The van der Waals surface area contributed by atoms with Crippen LogP contribution in [-0.4, -0.2) is 70.0 Å². The SMILES string of the molecule is CCCC(=O)OC[C@@H](O)[C@@H](O)[C@H](O)[C@H](O)COC(=O)CCC. The highest BCUT2D eigenvalue weighted by molar-refractivity contribution is 5.69. The van der Waals surface area contributed by atoms with Gasteiger partial charge >= 0.3 is 11.9 Å². The Morgan fingerprint density at radius 3 is 1.36 bits per heavy atom. The molecule has 0 spiro atoms. The van der Waals surface area contributed by atoms with Gasteiger partial charge in [-0.05, 0) is 12.8 Å². The topological polar surface area (TPSA) is 134 Å². The zero-order valence-electron chi connectivity index (χ0n) is 13.0. The highest BCUT2D eigenvalue weighted by Crippen LogP contribution is 2.07. The van der Waals surface area contributed by atoms with Gasteiger partial charge in [0.25, 0.3) is 0 Å². The van der Waals surface area contributed by atoms with Crippen LogP contribution in [0.2, 0.25) is 0 Å². The predicted molar refractivity (Wildman–Crippen MR) is 75.8 cm³/mol. The van der Waals surface area contributed by atoms with Crippen molar-refractivity contribution in [3.8, 4) is 0 Å². The summed E-state index contributed by atoms with van der Waals surface area (Å²) < 4.78 is 9.40. The molecule has 4 atom stereocenters. The molecule has 0 fully saturated rings. The Morgan fingerprint density at radius 1 is 0.773 bits per heavy atom. The van der Waals surface area contributed by atoms with Gasteiger partial charge in [-0.25, -0.2) is 0 Å². The number of rotatable bonds is 11. The summed E-state index contributed by atoms with van der Waals surface area (Å²) in [4.78, 5) is 22.3. The lowest BCUT2D eigenvalue weighted by atomic mass is 10.0. The summed E-state index contributed by atoms with van der Waals surface area (Å²) in [6, 6.07) is 0. The number of carbonyl (C=O) groups is 2. The predicted octanol–water partition coefficient (Wildman–Crippen LogP) is -0.883. The molecule has 0 unspecified atom stereocenters. The highest BCUT2D eigenvalue weighted by atomic mass is 16.5. The van der Waals surface area contributed by atoms with Gasteiger partial charge in [0.2, 0.25) is 0 Å². The van der Waals surface area contributed by atoms with Crippen molar-refractivity contribution in [1.29, 1.82) is 0 Å². The van der Waals surface area contributed by atoms with E-state index >= 15 is 0 Å². The van der Waals surface area contributed by atoms with Crippen LogP contribution < -0.4 is 0 Å². The average Bonchev–Trinajstić information content (AvgIpc) is 2.49. The lowest BCUT2D eigenvalue weighted by molar-refractivity contribution is -0.162. The van der Waals surface area contributed by atoms with Crippen molar-refractivity contribution >= 4 is 11.9 Å². The number of aliphatic hydroxyl groups excluding tert-OH is 4. The summed E-state index contributed by atoms with van der Waals surface area (Å²) in [7, 11) is 0. The first-order valence-corrected chi connectivity index (χ1v) is 7.36. The maximum absolute atomic E-state index is 11.1. The maximum Gasteiger partial charge on any atom is 0.305 e. The van der Waals surface area contributed by atoms with Crippen molar-refractivity contribution in [1.82, 2.24) is 0 Å². The first-order chi connectivity index (χ1) is 10.3. The lowest BCUT2D eigenvalue weighted by Gasteiger charge is -2.26. The van der Waals surface area contributed by atoms with Crippen LogP contribution in [0.4, 0.5) is 0 Å². The Bertz CT molecular complexity index is 301. The first-order valence-electron chi connectivity index (χ1n) is 7.36. The Hall–Kier alpha value is -1.22. The van der Waals surface area contributed by atoms with Crippen LogP contribution in [-0.2, 0) is 19.1 Å². The molecule has 8 heteroatoms.